The van der Waals surface area contributed by atoms with Crippen LogP contribution >= 0.6 is 15.9 Å². The molecular weight excluding hydrogens is 277 g/mol. The Morgan fingerprint density at radius 3 is 2.56 bits per heavy atom. The molecule has 16 heavy (non-hydrogen) atoms. The predicted octanol–water partition coefficient (Wildman–Crippen LogP) is 2.42. The van der Waals surface area contributed by atoms with Crippen LogP contribution in [-0.4, -0.2) is 15.8 Å². The lowest BCUT2D eigenvalue weighted by molar-refractivity contribution is 0.373. The largest absolute Gasteiger partial charge is 0.504 e. The summed E-state index contributed by atoms with van der Waals surface area (Å²) in [5.41, 5.74) is 6.31. The van der Waals surface area contributed by atoms with Gasteiger partial charge in [-0.1, -0.05) is 15.9 Å². The van der Waals surface area contributed by atoms with Crippen molar-refractivity contribution in [1.29, 1.82) is 0 Å². The number of hydrogen-bond donors (Lipinski definition) is 3. The van der Waals surface area contributed by atoms with Gasteiger partial charge in [-0.3, -0.25) is 0 Å². The highest BCUT2D eigenvalue weighted by atomic mass is 79.9. The summed E-state index contributed by atoms with van der Waals surface area (Å²) in [5, 5.41) is 18.9. The van der Waals surface area contributed by atoms with Crippen LogP contribution in [0.3, 0.4) is 0 Å². The number of rotatable bonds is 3. The fourth-order valence-electron chi connectivity index (χ4n) is 1.66. The molecule has 0 spiro atoms. The molecule has 1 aromatic rings. The maximum absolute atomic E-state index is 13.0. The molecule has 1 aliphatic rings. The molecule has 3 nitrogen and oxygen atoms in total. The van der Waals surface area contributed by atoms with Gasteiger partial charge >= 0.3 is 0 Å². The van der Waals surface area contributed by atoms with Crippen molar-refractivity contribution in [2.24, 2.45) is 5.73 Å². The Balaban J connectivity index is 2.22. The van der Waals surface area contributed by atoms with Crippen molar-refractivity contribution < 1.29 is 14.6 Å². The normalized spacial score (nSPS) is 17.4. The van der Waals surface area contributed by atoms with Gasteiger partial charge in [0, 0.05) is 15.6 Å². The number of aromatic hydroxyl groups is 2. The van der Waals surface area contributed by atoms with Crippen LogP contribution in [0.2, 0.25) is 0 Å². The Morgan fingerprint density at radius 1 is 1.38 bits per heavy atom. The zero-order valence-corrected chi connectivity index (χ0v) is 10.2. The molecule has 1 saturated carbocycles. The molecule has 0 heterocycles. The highest BCUT2D eigenvalue weighted by molar-refractivity contribution is 9.10. The van der Waals surface area contributed by atoms with Crippen molar-refractivity contribution >= 4 is 15.9 Å². The smallest absolute Gasteiger partial charge is 0.194 e. The molecule has 0 amide bonds. The summed E-state index contributed by atoms with van der Waals surface area (Å²) in [6.45, 7) is 0. The molecule has 0 radical (unpaired) electrons. The van der Waals surface area contributed by atoms with Gasteiger partial charge in [0.15, 0.2) is 17.3 Å². The van der Waals surface area contributed by atoms with Crippen molar-refractivity contribution in [1.82, 2.24) is 0 Å². The van der Waals surface area contributed by atoms with Gasteiger partial charge in [-0.2, -0.15) is 0 Å². The standard InChI is InChI=1S/C11H13BrFNO2/c12-7-5-8(13)10(16)9(15)6(7)1-2-11(14)3-4-11/h5,15-16H,1-4,14H2. The maximum Gasteiger partial charge on any atom is 0.194 e. The summed E-state index contributed by atoms with van der Waals surface area (Å²) < 4.78 is 13.5. The monoisotopic (exact) mass is 289 g/mol. The zero-order chi connectivity index (χ0) is 11.9. The second kappa shape index (κ2) is 3.89. The van der Waals surface area contributed by atoms with Crippen LogP contribution in [0, 0.1) is 5.82 Å². The number of phenols is 2. The summed E-state index contributed by atoms with van der Waals surface area (Å²) in [6, 6.07) is 1.15. The summed E-state index contributed by atoms with van der Waals surface area (Å²) in [7, 11) is 0. The first-order chi connectivity index (χ1) is 7.43. The molecular formula is C11H13BrFNO2. The molecule has 0 unspecified atom stereocenters. The minimum atomic E-state index is -0.831. The summed E-state index contributed by atoms with van der Waals surface area (Å²) in [5.74, 6) is -1.92. The average Bonchev–Trinajstić information content (AvgIpc) is 2.93. The highest BCUT2D eigenvalue weighted by Crippen LogP contribution is 2.41. The van der Waals surface area contributed by atoms with E-state index in [0.717, 1.165) is 25.3 Å². The molecule has 0 atom stereocenters. The summed E-state index contributed by atoms with van der Waals surface area (Å²) >= 11 is 3.17. The van der Waals surface area contributed by atoms with Crippen LogP contribution in [0.1, 0.15) is 24.8 Å². The molecule has 1 aliphatic carbocycles. The zero-order valence-electron chi connectivity index (χ0n) is 8.63. The lowest BCUT2D eigenvalue weighted by Gasteiger charge is -2.12. The van der Waals surface area contributed by atoms with E-state index in [9.17, 15) is 14.6 Å². The first-order valence-corrected chi connectivity index (χ1v) is 5.90. The molecule has 0 aromatic heterocycles. The number of halogens is 2. The van der Waals surface area contributed by atoms with Gasteiger partial charge in [0.1, 0.15) is 0 Å². The second-order valence-corrected chi connectivity index (χ2v) is 5.23. The summed E-state index contributed by atoms with van der Waals surface area (Å²) in [6.07, 6.45) is 3.22. The van der Waals surface area contributed by atoms with Gasteiger partial charge < -0.3 is 15.9 Å². The third-order valence-corrected chi connectivity index (χ3v) is 3.75. The average molecular weight is 290 g/mol. The Labute approximate surface area is 101 Å². The lowest BCUT2D eigenvalue weighted by Crippen LogP contribution is -2.22. The van der Waals surface area contributed by atoms with Crippen molar-refractivity contribution in [2.75, 3.05) is 0 Å². The SMILES string of the molecule is NC1(CCc2c(Br)cc(F)c(O)c2O)CC1. The highest BCUT2D eigenvalue weighted by Gasteiger charge is 2.37. The van der Waals surface area contributed by atoms with Gasteiger partial charge in [-0.25, -0.2) is 4.39 Å². The fraction of sp³-hybridized carbons (Fsp3) is 0.455. The molecule has 0 aliphatic heterocycles. The van der Waals surface area contributed by atoms with E-state index in [4.69, 9.17) is 5.73 Å². The van der Waals surface area contributed by atoms with Crippen LogP contribution in [0.5, 0.6) is 11.5 Å². The molecule has 4 N–H and O–H groups in total. The molecule has 1 fully saturated rings. The maximum atomic E-state index is 13.0. The van der Waals surface area contributed by atoms with E-state index in [1.54, 1.807) is 0 Å². The van der Waals surface area contributed by atoms with E-state index in [2.05, 4.69) is 15.9 Å². The molecule has 1 aromatic carbocycles. The van der Waals surface area contributed by atoms with Gasteiger partial charge in [-0.15, -0.1) is 0 Å². The molecule has 0 saturated heterocycles. The van der Waals surface area contributed by atoms with E-state index < -0.39 is 17.3 Å². The molecule has 2 rings (SSSR count). The van der Waals surface area contributed by atoms with Gasteiger partial charge in [0.05, 0.1) is 0 Å². The first-order valence-electron chi connectivity index (χ1n) is 5.11. The lowest BCUT2D eigenvalue weighted by atomic mass is 10.0. The minimum Gasteiger partial charge on any atom is -0.504 e. The Kier molecular flexibility index (Phi) is 2.84. The predicted molar refractivity (Wildman–Crippen MR) is 61.9 cm³/mol. The molecule has 88 valence electrons. The van der Waals surface area contributed by atoms with Crippen LogP contribution in [0.25, 0.3) is 0 Å². The first kappa shape index (κ1) is 11.7. The third kappa shape index (κ3) is 2.15. The van der Waals surface area contributed by atoms with Crippen LogP contribution in [-0.2, 0) is 6.42 Å². The van der Waals surface area contributed by atoms with Gasteiger partial charge in [0.2, 0.25) is 0 Å². The van der Waals surface area contributed by atoms with Crippen molar-refractivity contribution in [3.05, 3.63) is 21.9 Å². The van der Waals surface area contributed by atoms with E-state index in [0.29, 0.717) is 16.5 Å². The van der Waals surface area contributed by atoms with E-state index >= 15 is 0 Å². The van der Waals surface area contributed by atoms with Crippen molar-refractivity contribution in [3.63, 3.8) is 0 Å². The second-order valence-electron chi connectivity index (χ2n) is 4.38. The topological polar surface area (TPSA) is 66.5 Å². The van der Waals surface area contributed by atoms with E-state index in [1.165, 1.54) is 0 Å². The Hall–Kier alpha value is -0.810. The van der Waals surface area contributed by atoms with Crippen LogP contribution in [0.15, 0.2) is 10.5 Å². The van der Waals surface area contributed by atoms with Crippen molar-refractivity contribution in [2.45, 2.75) is 31.2 Å². The number of phenolic OH excluding ortho intramolecular Hbond substituents is 2. The quantitative estimate of drug-likeness (QED) is 0.749. The Bertz CT molecular complexity index is 432. The third-order valence-electron chi connectivity index (χ3n) is 3.04. The van der Waals surface area contributed by atoms with Gasteiger partial charge in [0.25, 0.3) is 0 Å². The van der Waals surface area contributed by atoms with Crippen molar-refractivity contribution in [3.8, 4) is 11.5 Å². The molecule has 5 heteroatoms. The van der Waals surface area contributed by atoms with Gasteiger partial charge in [-0.05, 0) is 31.7 Å². The fourth-order valence-corrected chi connectivity index (χ4v) is 2.25. The van der Waals surface area contributed by atoms with E-state index in [1.807, 2.05) is 0 Å². The van der Waals surface area contributed by atoms with Crippen LogP contribution in [0.4, 0.5) is 4.39 Å². The number of nitrogens with two attached hydrogens (primary N) is 1. The van der Waals surface area contributed by atoms with E-state index in [-0.39, 0.29) is 5.54 Å². The summed E-state index contributed by atoms with van der Waals surface area (Å²) in [4.78, 5) is 0. The molecule has 0 bridgehead atoms. The Morgan fingerprint density at radius 2 is 2.00 bits per heavy atom. The van der Waals surface area contributed by atoms with Crippen LogP contribution < -0.4 is 5.73 Å². The minimum absolute atomic E-state index is 0.129. The number of benzene rings is 1. The number of hydrogen-bond acceptors (Lipinski definition) is 3.